The summed E-state index contributed by atoms with van der Waals surface area (Å²) in [6, 6.07) is 27.5. The van der Waals surface area contributed by atoms with E-state index in [4.69, 9.17) is 27.9 Å². The summed E-state index contributed by atoms with van der Waals surface area (Å²) >= 11 is 20.4. The third-order valence-electron chi connectivity index (χ3n) is 7.63. The minimum atomic E-state index is -0.733. The molecule has 0 bridgehead atoms. The van der Waals surface area contributed by atoms with E-state index >= 15 is 0 Å². The van der Waals surface area contributed by atoms with Gasteiger partial charge in [0.25, 0.3) is 11.8 Å². The van der Waals surface area contributed by atoms with Gasteiger partial charge in [0.1, 0.15) is 17.9 Å². The molecule has 5 rings (SSSR count). The van der Waals surface area contributed by atoms with Crippen LogP contribution >= 0.6 is 66.8 Å². The molecule has 0 atom stereocenters. The van der Waals surface area contributed by atoms with Crippen LogP contribution in [0.5, 0.6) is 5.75 Å². The molecule has 0 aromatic heterocycles. The Morgan fingerprint density at radius 3 is 2.19 bits per heavy atom. The van der Waals surface area contributed by atoms with Crippen molar-refractivity contribution in [2.75, 3.05) is 5.75 Å². The number of hydrogen-bond donors (Lipinski definition) is 1. The van der Waals surface area contributed by atoms with Crippen molar-refractivity contribution in [2.45, 2.75) is 19.6 Å². The maximum absolute atomic E-state index is 14.1. The minimum absolute atomic E-state index is 0.0760. The van der Waals surface area contributed by atoms with Crippen molar-refractivity contribution in [3.63, 3.8) is 0 Å². The Bertz CT molecular complexity index is 2060. The van der Waals surface area contributed by atoms with Crippen LogP contribution in [0.3, 0.4) is 0 Å². The zero-order valence-electron chi connectivity index (χ0n) is 27.7. The number of benzene rings is 4. The molecule has 4 aromatic carbocycles. The summed E-state index contributed by atoms with van der Waals surface area (Å²) < 4.78 is 7.18. The van der Waals surface area contributed by atoms with Gasteiger partial charge in [0.05, 0.1) is 20.7 Å². The Morgan fingerprint density at radius 1 is 0.981 bits per heavy atom. The van der Waals surface area contributed by atoms with Crippen molar-refractivity contribution in [3.05, 3.63) is 174 Å². The van der Waals surface area contributed by atoms with Crippen LogP contribution in [0.2, 0.25) is 10.0 Å². The first-order valence-electron chi connectivity index (χ1n) is 15.8. The number of rotatable bonds is 12. The molecule has 7 nitrogen and oxygen atoms in total. The number of amidine groups is 1. The Hall–Kier alpha value is -4.19. The van der Waals surface area contributed by atoms with Crippen molar-refractivity contribution in [1.29, 1.82) is 0 Å². The van der Waals surface area contributed by atoms with Crippen LogP contribution < -0.4 is 10.1 Å². The van der Waals surface area contributed by atoms with Crippen molar-refractivity contribution in [2.24, 2.45) is 4.99 Å². The molecule has 0 unspecified atom stereocenters. The van der Waals surface area contributed by atoms with Crippen LogP contribution in [0.15, 0.2) is 147 Å². The molecule has 264 valence electrons. The van der Waals surface area contributed by atoms with E-state index in [-0.39, 0.29) is 29.0 Å². The molecule has 0 saturated heterocycles. The summed E-state index contributed by atoms with van der Waals surface area (Å²) in [5.74, 6) is -1.23. The lowest BCUT2D eigenvalue weighted by Crippen LogP contribution is -2.42. The largest absolute Gasteiger partial charge is 0.486 e. The highest BCUT2D eigenvalue weighted by Gasteiger charge is 2.35. The second kappa shape index (κ2) is 18.5. The van der Waals surface area contributed by atoms with Crippen molar-refractivity contribution >= 4 is 95.8 Å². The van der Waals surface area contributed by atoms with Gasteiger partial charge in [-0.1, -0.05) is 127 Å². The molecule has 0 saturated carbocycles. The summed E-state index contributed by atoms with van der Waals surface area (Å²) in [7, 11) is 0. The van der Waals surface area contributed by atoms with Gasteiger partial charge >= 0.3 is 0 Å². The van der Waals surface area contributed by atoms with Gasteiger partial charge in [-0.2, -0.15) is 4.99 Å². The van der Waals surface area contributed by atoms with E-state index in [9.17, 15) is 14.4 Å². The van der Waals surface area contributed by atoms with Gasteiger partial charge < -0.3 is 10.1 Å². The predicted molar refractivity (Wildman–Crippen MR) is 218 cm³/mol. The maximum atomic E-state index is 14.1. The van der Waals surface area contributed by atoms with E-state index in [1.54, 1.807) is 61.6 Å². The van der Waals surface area contributed by atoms with Gasteiger partial charge in [-0.25, -0.2) is 0 Å². The number of aliphatic imine (C=N–C) groups is 1. The average Bonchev–Trinajstić information content (AvgIpc) is 3.13. The predicted octanol–water partition coefficient (Wildman–Crippen LogP) is 10.5. The standard InChI is InChI=1S/C40H31Br2Cl2N3O4S/c1-3-5-16-30(4-2)47-39(50)31(19-25-20-32(41)37(33(42)21-25)51-23-28-17-18-29(43)22-34(28)44)38(49)46-40(47)52-24-35(48)45-36(26-12-8-6-9-13-26)27-14-10-7-11-15-27/h3-22,36H,1,23-24H2,2H3,(H,45,48)/b16-5-,30-4+,31-19+. The number of carbonyl (C=O) groups excluding carboxylic acids is 3. The van der Waals surface area contributed by atoms with Gasteiger partial charge in [0.15, 0.2) is 5.17 Å². The molecule has 0 spiro atoms. The summed E-state index contributed by atoms with van der Waals surface area (Å²) in [6.45, 7) is 5.67. The van der Waals surface area contributed by atoms with Crippen LogP contribution in [0, 0.1) is 0 Å². The third-order valence-corrected chi connectivity index (χ3v) is 10.3. The SMILES string of the molecule is C=C/C=C\C(=C/C)N1C(=O)/C(=C/c2cc(Br)c(OCc3ccc(Cl)cc3Cl)c(Br)c2)C(=O)N=C1SCC(=O)NC(c1ccccc1)c1ccccc1. The van der Waals surface area contributed by atoms with Crippen LogP contribution in [0.25, 0.3) is 6.08 Å². The van der Waals surface area contributed by atoms with Gasteiger partial charge in [-0.3, -0.25) is 19.3 Å². The number of thioether (sulfide) groups is 1. The quantitative estimate of drug-likeness (QED) is 0.0870. The summed E-state index contributed by atoms with van der Waals surface area (Å²) in [5.41, 5.74) is 3.41. The highest BCUT2D eigenvalue weighted by molar-refractivity contribution is 9.11. The summed E-state index contributed by atoms with van der Waals surface area (Å²) in [5, 5.41) is 4.17. The molecular formula is C40H31Br2Cl2N3O4S. The number of ether oxygens (including phenoxy) is 1. The zero-order valence-corrected chi connectivity index (χ0v) is 33.2. The lowest BCUT2D eigenvalue weighted by atomic mass is 9.99. The Kier molecular flexibility index (Phi) is 13.9. The fraction of sp³-hybridized carbons (Fsp3) is 0.100. The van der Waals surface area contributed by atoms with Crippen LogP contribution in [-0.2, 0) is 21.0 Å². The first kappa shape index (κ1) is 39.0. The van der Waals surface area contributed by atoms with E-state index in [0.717, 1.165) is 28.5 Å². The number of nitrogens with zero attached hydrogens (tertiary/aromatic N) is 2. The first-order valence-corrected chi connectivity index (χ1v) is 19.1. The number of nitrogens with one attached hydrogen (secondary N) is 1. The second-order valence-corrected chi connectivity index (χ2v) is 14.6. The molecule has 1 heterocycles. The number of amides is 3. The fourth-order valence-corrected chi connectivity index (χ4v) is 7.87. The molecule has 0 fully saturated rings. The average molecular weight is 880 g/mol. The van der Waals surface area contributed by atoms with E-state index in [1.807, 2.05) is 60.7 Å². The molecule has 12 heteroatoms. The van der Waals surface area contributed by atoms with Gasteiger partial charge in [0, 0.05) is 21.3 Å². The highest BCUT2D eigenvalue weighted by atomic mass is 79.9. The number of hydrogen-bond acceptors (Lipinski definition) is 5. The normalized spacial score (nSPS) is 14.3. The molecule has 0 radical (unpaired) electrons. The zero-order chi connectivity index (χ0) is 37.2. The van der Waals surface area contributed by atoms with Crippen LogP contribution in [0.1, 0.15) is 35.2 Å². The summed E-state index contributed by atoms with van der Waals surface area (Å²) in [6.07, 6.45) is 8.12. The molecule has 0 aliphatic carbocycles. The number of carbonyl (C=O) groups is 3. The van der Waals surface area contributed by atoms with Crippen LogP contribution in [-0.4, -0.2) is 33.5 Å². The van der Waals surface area contributed by atoms with E-state index in [1.165, 1.54) is 11.0 Å². The van der Waals surface area contributed by atoms with E-state index < -0.39 is 17.9 Å². The highest BCUT2D eigenvalue weighted by Crippen LogP contribution is 2.37. The Labute approximate surface area is 333 Å². The van der Waals surface area contributed by atoms with Gasteiger partial charge in [-0.15, -0.1) is 0 Å². The first-order chi connectivity index (χ1) is 25.1. The van der Waals surface area contributed by atoms with Crippen LogP contribution in [0.4, 0.5) is 0 Å². The molecule has 1 aliphatic heterocycles. The van der Waals surface area contributed by atoms with Gasteiger partial charge in [-0.05, 0) is 91.9 Å². The number of allylic oxidation sites excluding steroid dienone is 4. The van der Waals surface area contributed by atoms with E-state index in [2.05, 4.69) is 48.7 Å². The minimum Gasteiger partial charge on any atom is -0.486 e. The van der Waals surface area contributed by atoms with Gasteiger partial charge in [0.2, 0.25) is 5.91 Å². The monoisotopic (exact) mass is 877 g/mol. The Balaban J connectivity index is 1.39. The molecule has 1 N–H and O–H groups in total. The number of halogens is 4. The van der Waals surface area contributed by atoms with Crippen molar-refractivity contribution in [3.8, 4) is 5.75 Å². The second-order valence-electron chi connectivity index (χ2n) is 11.2. The van der Waals surface area contributed by atoms with Crippen molar-refractivity contribution in [1.82, 2.24) is 10.2 Å². The fourth-order valence-electron chi connectivity index (χ4n) is 5.15. The molecule has 4 aromatic rings. The smallest absolute Gasteiger partial charge is 0.285 e. The topological polar surface area (TPSA) is 88.1 Å². The molecule has 1 aliphatic rings. The Morgan fingerprint density at radius 2 is 1.62 bits per heavy atom. The summed E-state index contributed by atoms with van der Waals surface area (Å²) in [4.78, 5) is 46.7. The maximum Gasteiger partial charge on any atom is 0.285 e. The van der Waals surface area contributed by atoms with E-state index in [0.29, 0.717) is 36.0 Å². The molecule has 52 heavy (non-hydrogen) atoms. The van der Waals surface area contributed by atoms with Crippen molar-refractivity contribution < 1.29 is 19.1 Å². The lowest BCUT2D eigenvalue weighted by molar-refractivity contribution is -0.126. The third kappa shape index (κ3) is 9.81. The molecular weight excluding hydrogens is 849 g/mol. The lowest BCUT2D eigenvalue weighted by Gasteiger charge is -2.28. The molecule has 3 amide bonds.